The molecule has 6 nitrogen and oxygen atoms in total. The maximum atomic E-state index is 12.9. The number of aliphatic imine (C=N–C) groups is 1. The van der Waals surface area contributed by atoms with Crippen LogP contribution in [0.15, 0.2) is 53.5 Å². The number of halogens is 1. The minimum absolute atomic E-state index is 0. The maximum Gasteiger partial charge on any atom is 0.270 e. The summed E-state index contributed by atoms with van der Waals surface area (Å²) in [6.45, 7) is 2.89. The molecule has 0 bridgehead atoms. The van der Waals surface area contributed by atoms with Crippen LogP contribution in [0.5, 0.6) is 0 Å². The van der Waals surface area contributed by atoms with Gasteiger partial charge in [0.1, 0.15) is 5.84 Å². The number of hydrogen-bond acceptors (Lipinski definition) is 5. The van der Waals surface area contributed by atoms with Crippen LogP contribution in [-0.2, 0) is 0 Å². The van der Waals surface area contributed by atoms with E-state index in [2.05, 4.69) is 0 Å². The number of nitro benzene ring substituents is 1. The van der Waals surface area contributed by atoms with E-state index >= 15 is 0 Å². The Balaban J connectivity index is 0.00000280. The first-order valence-corrected chi connectivity index (χ1v) is 9.20. The Bertz CT molecular complexity index is 883. The van der Waals surface area contributed by atoms with Crippen LogP contribution in [0.4, 0.5) is 11.4 Å². The fourth-order valence-corrected chi connectivity index (χ4v) is 3.23. The van der Waals surface area contributed by atoms with Gasteiger partial charge in [0.15, 0.2) is 5.78 Å². The van der Waals surface area contributed by atoms with Crippen LogP contribution in [0.25, 0.3) is 0 Å². The Hall–Kier alpha value is -2.54. The van der Waals surface area contributed by atoms with Crippen molar-refractivity contribution in [1.82, 2.24) is 0 Å². The van der Waals surface area contributed by atoms with Crippen molar-refractivity contribution in [3.63, 3.8) is 0 Å². The lowest BCUT2D eigenvalue weighted by Crippen LogP contribution is -2.36. The molecule has 0 spiro atoms. The quantitative estimate of drug-likeness (QED) is 0.362. The fraction of sp³-hybridized carbons (Fsp3) is 0.333. The lowest BCUT2D eigenvalue weighted by molar-refractivity contribution is -0.384. The van der Waals surface area contributed by atoms with Gasteiger partial charge in [-0.1, -0.05) is 30.7 Å². The number of non-ortho nitro benzene ring substituents is 1. The summed E-state index contributed by atoms with van der Waals surface area (Å²) in [6.07, 6.45) is 4.07. The minimum Gasteiger partial charge on any atom is -0.322 e. The summed E-state index contributed by atoms with van der Waals surface area (Å²) < 4.78 is 0. The molecule has 1 aliphatic rings. The highest BCUT2D eigenvalue weighted by Crippen LogP contribution is 2.22. The number of Topliss-reactive ketones (excluding diaryl/α,β-unsaturated/α-hetero) is 1. The van der Waals surface area contributed by atoms with Crippen LogP contribution in [0, 0.1) is 17.0 Å². The van der Waals surface area contributed by atoms with E-state index in [1.165, 1.54) is 12.1 Å². The molecule has 1 heterocycles. The van der Waals surface area contributed by atoms with E-state index < -0.39 is 4.92 Å². The number of nitrogens with zero attached hydrogens (tertiary/aromatic N) is 3. The predicted octanol–water partition coefficient (Wildman–Crippen LogP) is 5.14. The van der Waals surface area contributed by atoms with Gasteiger partial charge in [-0.2, -0.15) is 0 Å². The number of hydrogen-bond donors (Lipinski definition) is 0. The summed E-state index contributed by atoms with van der Waals surface area (Å²) in [4.78, 5) is 30.1. The van der Waals surface area contributed by atoms with E-state index in [1.807, 2.05) is 36.1 Å². The molecule has 0 N–H and O–H groups in total. The molecule has 1 aliphatic heterocycles. The van der Waals surface area contributed by atoms with Gasteiger partial charge in [0.05, 0.1) is 11.5 Å². The number of amidine groups is 1. The first kappa shape index (κ1) is 21.8. The van der Waals surface area contributed by atoms with Gasteiger partial charge in [0, 0.05) is 36.3 Å². The molecule has 28 heavy (non-hydrogen) atoms. The summed E-state index contributed by atoms with van der Waals surface area (Å²) >= 11 is 0. The van der Waals surface area contributed by atoms with E-state index in [0.717, 1.165) is 49.3 Å². The molecule has 148 valence electrons. The summed E-state index contributed by atoms with van der Waals surface area (Å²) in [5.74, 6) is 0.754. The minimum atomic E-state index is -0.482. The van der Waals surface area contributed by atoms with Crippen LogP contribution in [0.3, 0.4) is 0 Å². The highest BCUT2D eigenvalue weighted by molar-refractivity contribution is 8.93. The number of nitro groups is 1. The summed E-state index contributed by atoms with van der Waals surface area (Å²) in [6, 6.07) is 13.9. The highest BCUT2D eigenvalue weighted by Gasteiger charge is 2.20. The van der Waals surface area contributed by atoms with Crippen molar-refractivity contribution in [1.29, 1.82) is 0 Å². The van der Waals surface area contributed by atoms with Crippen molar-refractivity contribution in [3.8, 4) is 0 Å². The van der Waals surface area contributed by atoms with Crippen LogP contribution >= 0.6 is 17.0 Å². The smallest absolute Gasteiger partial charge is 0.270 e. The third-order valence-electron chi connectivity index (χ3n) is 4.66. The zero-order valence-electron chi connectivity index (χ0n) is 15.8. The molecule has 0 saturated heterocycles. The highest BCUT2D eigenvalue weighted by atomic mass is 79.9. The third-order valence-corrected chi connectivity index (χ3v) is 4.66. The molecular weight excluding hydrogens is 422 g/mol. The van der Waals surface area contributed by atoms with Crippen molar-refractivity contribution in [2.75, 3.05) is 18.0 Å². The van der Waals surface area contributed by atoms with Gasteiger partial charge in [-0.05, 0) is 37.5 Å². The molecule has 2 aromatic carbocycles. The topological polar surface area (TPSA) is 75.8 Å². The fourth-order valence-electron chi connectivity index (χ4n) is 3.23. The van der Waals surface area contributed by atoms with Gasteiger partial charge in [-0.3, -0.25) is 19.9 Å². The second kappa shape index (κ2) is 10.1. The molecule has 0 saturated carbocycles. The van der Waals surface area contributed by atoms with Crippen molar-refractivity contribution >= 4 is 40.0 Å². The van der Waals surface area contributed by atoms with Gasteiger partial charge in [-0.25, -0.2) is 0 Å². The SMILES string of the molecule is Br.Cc1cccc(N(CC(=O)c2cccc([N+](=O)[O-])c2)C2=NCCCCC2)c1. The van der Waals surface area contributed by atoms with Gasteiger partial charge >= 0.3 is 0 Å². The molecule has 0 fully saturated rings. The Morgan fingerprint density at radius 1 is 1.14 bits per heavy atom. The van der Waals surface area contributed by atoms with E-state index in [4.69, 9.17) is 4.99 Å². The second-order valence-electron chi connectivity index (χ2n) is 6.76. The van der Waals surface area contributed by atoms with Crippen LogP contribution in [0.1, 0.15) is 41.6 Å². The van der Waals surface area contributed by atoms with Crippen molar-refractivity contribution in [2.24, 2.45) is 4.99 Å². The molecule has 2 aromatic rings. The number of ketones is 1. The van der Waals surface area contributed by atoms with Crippen LogP contribution in [-0.4, -0.2) is 29.6 Å². The first-order valence-electron chi connectivity index (χ1n) is 9.20. The molecule has 7 heteroatoms. The van der Waals surface area contributed by atoms with Crippen LogP contribution in [0.2, 0.25) is 0 Å². The Morgan fingerprint density at radius 2 is 1.93 bits per heavy atom. The average Bonchev–Trinajstić information content (AvgIpc) is 2.95. The number of carbonyl (C=O) groups excluding carboxylic acids is 1. The molecular formula is C21H24BrN3O3. The van der Waals surface area contributed by atoms with Crippen LogP contribution < -0.4 is 4.90 Å². The van der Waals surface area contributed by atoms with Gasteiger partial charge in [-0.15, -0.1) is 17.0 Å². The molecule has 0 radical (unpaired) electrons. The molecule has 0 aliphatic carbocycles. The molecule has 0 atom stereocenters. The van der Waals surface area contributed by atoms with E-state index in [0.29, 0.717) is 5.56 Å². The normalized spacial score (nSPS) is 13.7. The van der Waals surface area contributed by atoms with E-state index in [9.17, 15) is 14.9 Å². The number of rotatable bonds is 5. The second-order valence-corrected chi connectivity index (χ2v) is 6.76. The molecule has 3 rings (SSSR count). The molecule has 0 aromatic heterocycles. The third kappa shape index (κ3) is 5.48. The summed E-state index contributed by atoms with van der Waals surface area (Å²) in [5.41, 5.74) is 2.30. The Morgan fingerprint density at radius 3 is 2.68 bits per heavy atom. The first-order chi connectivity index (χ1) is 13.0. The van der Waals surface area contributed by atoms with Gasteiger partial charge in [0.25, 0.3) is 5.69 Å². The zero-order valence-corrected chi connectivity index (χ0v) is 17.5. The Labute approximate surface area is 175 Å². The standard InChI is InChI=1S/C21H23N3O3.BrH/c1-16-7-5-9-18(13-16)23(21-11-3-2-4-12-22-21)15-20(25)17-8-6-10-19(14-17)24(26)27;/h5-10,13-14H,2-4,11-12,15H2,1H3;1H. The lowest BCUT2D eigenvalue weighted by atomic mass is 10.1. The van der Waals surface area contributed by atoms with Crippen molar-refractivity contribution in [3.05, 3.63) is 69.8 Å². The molecule has 0 amide bonds. The summed E-state index contributed by atoms with van der Waals surface area (Å²) in [7, 11) is 0. The zero-order chi connectivity index (χ0) is 19.2. The van der Waals surface area contributed by atoms with E-state index in [1.54, 1.807) is 12.1 Å². The molecule has 0 unspecified atom stereocenters. The maximum absolute atomic E-state index is 12.9. The Kier molecular flexibility index (Phi) is 7.87. The van der Waals surface area contributed by atoms with Crippen molar-refractivity contribution < 1.29 is 9.72 Å². The average molecular weight is 446 g/mol. The lowest BCUT2D eigenvalue weighted by Gasteiger charge is -2.26. The number of benzene rings is 2. The van der Waals surface area contributed by atoms with Gasteiger partial charge in [0.2, 0.25) is 0 Å². The van der Waals surface area contributed by atoms with E-state index in [-0.39, 0.29) is 35.0 Å². The number of aryl methyl sites for hydroxylation is 1. The predicted molar refractivity (Wildman–Crippen MR) is 117 cm³/mol. The van der Waals surface area contributed by atoms with Gasteiger partial charge < -0.3 is 4.90 Å². The number of anilines is 1. The summed E-state index contributed by atoms with van der Waals surface area (Å²) in [5, 5.41) is 11.0. The number of carbonyl (C=O) groups is 1. The monoisotopic (exact) mass is 445 g/mol. The largest absolute Gasteiger partial charge is 0.322 e. The van der Waals surface area contributed by atoms with Crippen molar-refractivity contribution in [2.45, 2.75) is 32.6 Å².